The molecule has 1 saturated heterocycles. The summed E-state index contributed by atoms with van der Waals surface area (Å²) in [7, 11) is 0. The highest BCUT2D eigenvalue weighted by Gasteiger charge is 2.40. The van der Waals surface area contributed by atoms with E-state index in [4.69, 9.17) is 9.47 Å². The van der Waals surface area contributed by atoms with E-state index in [1.54, 1.807) is 6.07 Å². The zero-order chi connectivity index (χ0) is 13.3. The second-order valence-corrected chi connectivity index (χ2v) is 5.25. The van der Waals surface area contributed by atoms with Gasteiger partial charge in [0.2, 0.25) is 0 Å². The lowest BCUT2D eigenvalue weighted by Gasteiger charge is -2.33. The minimum Gasteiger partial charge on any atom is -0.487 e. The molecule has 1 aromatic rings. The maximum Gasteiger partial charge on any atom is 0.338 e. The highest BCUT2D eigenvalue weighted by atomic mass is 16.5. The average Bonchev–Trinajstić information content (AvgIpc) is 2.76. The molecule has 0 atom stereocenters. The number of rotatable bonds is 2. The van der Waals surface area contributed by atoms with E-state index in [1.807, 2.05) is 19.1 Å². The molecule has 1 fully saturated rings. The third-order valence-corrected chi connectivity index (χ3v) is 3.93. The Morgan fingerprint density at radius 1 is 1.42 bits per heavy atom. The van der Waals surface area contributed by atoms with E-state index in [9.17, 15) is 4.79 Å². The summed E-state index contributed by atoms with van der Waals surface area (Å²) >= 11 is 0. The maximum atomic E-state index is 11.7. The first-order valence-electron chi connectivity index (χ1n) is 6.92. The number of ether oxygens (including phenoxy) is 2. The fourth-order valence-corrected chi connectivity index (χ4v) is 2.94. The molecule has 4 heteroatoms. The van der Waals surface area contributed by atoms with Gasteiger partial charge in [-0.05, 0) is 56.6 Å². The van der Waals surface area contributed by atoms with E-state index in [1.165, 1.54) is 0 Å². The topological polar surface area (TPSA) is 47.6 Å². The monoisotopic (exact) mass is 261 g/mol. The van der Waals surface area contributed by atoms with Gasteiger partial charge in [-0.25, -0.2) is 4.79 Å². The number of piperidine rings is 1. The minimum absolute atomic E-state index is 0.0547. The van der Waals surface area contributed by atoms with Gasteiger partial charge < -0.3 is 14.8 Å². The Labute approximate surface area is 113 Å². The molecule has 0 radical (unpaired) electrons. The Morgan fingerprint density at radius 2 is 2.21 bits per heavy atom. The van der Waals surface area contributed by atoms with E-state index < -0.39 is 0 Å². The summed E-state index contributed by atoms with van der Waals surface area (Å²) in [5, 5.41) is 3.35. The van der Waals surface area contributed by atoms with Crippen molar-refractivity contribution in [3.05, 3.63) is 29.3 Å². The van der Waals surface area contributed by atoms with Crippen LogP contribution in [0.25, 0.3) is 0 Å². The summed E-state index contributed by atoms with van der Waals surface area (Å²) in [4.78, 5) is 11.7. The van der Waals surface area contributed by atoms with Crippen LogP contribution >= 0.6 is 0 Å². The highest BCUT2D eigenvalue weighted by molar-refractivity contribution is 5.90. The molecule has 1 aromatic carbocycles. The minimum atomic E-state index is -0.253. The summed E-state index contributed by atoms with van der Waals surface area (Å²) in [5.74, 6) is 0.673. The van der Waals surface area contributed by atoms with E-state index in [0.29, 0.717) is 12.2 Å². The number of benzene rings is 1. The largest absolute Gasteiger partial charge is 0.487 e. The van der Waals surface area contributed by atoms with Crippen LogP contribution in [0, 0.1) is 0 Å². The van der Waals surface area contributed by atoms with Gasteiger partial charge in [-0.1, -0.05) is 0 Å². The maximum absolute atomic E-state index is 11.7. The zero-order valence-electron chi connectivity index (χ0n) is 11.2. The lowest BCUT2D eigenvalue weighted by atomic mass is 9.88. The molecule has 0 saturated carbocycles. The number of carbonyl (C=O) groups is 1. The smallest absolute Gasteiger partial charge is 0.338 e. The molecule has 102 valence electrons. The molecule has 0 amide bonds. The van der Waals surface area contributed by atoms with Crippen molar-refractivity contribution in [2.24, 2.45) is 0 Å². The first kappa shape index (κ1) is 12.5. The van der Waals surface area contributed by atoms with Gasteiger partial charge in [-0.15, -0.1) is 0 Å². The van der Waals surface area contributed by atoms with Crippen molar-refractivity contribution in [1.29, 1.82) is 0 Å². The van der Waals surface area contributed by atoms with Gasteiger partial charge in [-0.3, -0.25) is 0 Å². The summed E-state index contributed by atoms with van der Waals surface area (Å²) in [6.07, 6.45) is 2.95. The van der Waals surface area contributed by atoms with Crippen molar-refractivity contribution >= 4 is 5.97 Å². The van der Waals surface area contributed by atoms with Crippen molar-refractivity contribution in [2.45, 2.75) is 31.8 Å². The third-order valence-electron chi connectivity index (χ3n) is 3.93. The van der Waals surface area contributed by atoms with Crippen LogP contribution in [0.5, 0.6) is 5.75 Å². The average molecular weight is 261 g/mol. The predicted octanol–water partition coefficient (Wildman–Crippen LogP) is 1.92. The van der Waals surface area contributed by atoms with E-state index in [-0.39, 0.29) is 11.6 Å². The molecule has 2 aliphatic heterocycles. The number of nitrogens with one attached hydrogen (secondary N) is 1. The van der Waals surface area contributed by atoms with Crippen LogP contribution in [-0.4, -0.2) is 31.3 Å². The molecular weight excluding hydrogens is 242 g/mol. The van der Waals surface area contributed by atoms with Gasteiger partial charge in [0.15, 0.2) is 0 Å². The predicted molar refractivity (Wildman–Crippen MR) is 71.6 cm³/mol. The molecular formula is C15H19NO3. The Kier molecular flexibility index (Phi) is 3.19. The quantitative estimate of drug-likeness (QED) is 0.826. The molecule has 0 aliphatic carbocycles. The summed E-state index contributed by atoms with van der Waals surface area (Å²) in [5.41, 5.74) is 1.70. The van der Waals surface area contributed by atoms with Gasteiger partial charge in [0, 0.05) is 6.42 Å². The molecule has 0 bridgehead atoms. The second-order valence-electron chi connectivity index (χ2n) is 5.25. The Balaban J connectivity index is 1.81. The molecule has 4 nitrogen and oxygen atoms in total. The molecule has 3 rings (SSSR count). The number of esters is 1. The van der Waals surface area contributed by atoms with E-state index >= 15 is 0 Å². The van der Waals surface area contributed by atoms with Crippen LogP contribution in [0.4, 0.5) is 0 Å². The van der Waals surface area contributed by atoms with Crippen LogP contribution < -0.4 is 10.1 Å². The van der Waals surface area contributed by atoms with Crippen LogP contribution in [0.1, 0.15) is 35.7 Å². The fraction of sp³-hybridized carbons (Fsp3) is 0.533. The molecule has 2 heterocycles. The van der Waals surface area contributed by atoms with Gasteiger partial charge in [-0.2, -0.15) is 0 Å². The van der Waals surface area contributed by atoms with Crippen molar-refractivity contribution < 1.29 is 14.3 Å². The van der Waals surface area contributed by atoms with Crippen molar-refractivity contribution in [1.82, 2.24) is 5.32 Å². The van der Waals surface area contributed by atoms with Crippen LogP contribution in [0.2, 0.25) is 0 Å². The number of fused-ring (bicyclic) bond motifs is 1. The Hall–Kier alpha value is -1.55. The first-order chi connectivity index (χ1) is 9.22. The lowest BCUT2D eigenvalue weighted by molar-refractivity contribution is 0.0526. The SMILES string of the molecule is CCOC(=O)c1ccc2c(c1)CC1(CCNCC1)O2. The second kappa shape index (κ2) is 4.85. The van der Waals surface area contributed by atoms with Gasteiger partial charge >= 0.3 is 5.97 Å². The number of carbonyl (C=O) groups excluding carboxylic acids is 1. The van der Waals surface area contributed by atoms with Gasteiger partial charge in [0.25, 0.3) is 0 Å². The van der Waals surface area contributed by atoms with Crippen molar-refractivity contribution in [3.8, 4) is 5.75 Å². The van der Waals surface area contributed by atoms with Crippen LogP contribution in [0.15, 0.2) is 18.2 Å². The van der Waals surface area contributed by atoms with Crippen LogP contribution in [-0.2, 0) is 11.2 Å². The molecule has 19 heavy (non-hydrogen) atoms. The molecule has 1 N–H and O–H groups in total. The van der Waals surface area contributed by atoms with E-state index in [0.717, 1.165) is 43.7 Å². The van der Waals surface area contributed by atoms with Crippen molar-refractivity contribution in [2.75, 3.05) is 19.7 Å². The molecule has 0 unspecified atom stereocenters. The summed E-state index contributed by atoms with van der Waals surface area (Å²) in [6, 6.07) is 5.61. The van der Waals surface area contributed by atoms with Crippen LogP contribution in [0.3, 0.4) is 0 Å². The van der Waals surface area contributed by atoms with Gasteiger partial charge in [0.05, 0.1) is 12.2 Å². The summed E-state index contributed by atoms with van der Waals surface area (Å²) < 4.78 is 11.2. The zero-order valence-corrected chi connectivity index (χ0v) is 11.2. The lowest BCUT2D eigenvalue weighted by Crippen LogP contribution is -2.45. The first-order valence-corrected chi connectivity index (χ1v) is 6.92. The molecule has 0 aromatic heterocycles. The fourth-order valence-electron chi connectivity index (χ4n) is 2.94. The number of hydrogen-bond acceptors (Lipinski definition) is 4. The summed E-state index contributed by atoms with van der Waals surface area (Å²) in [6.45, 7) is 4.22. The molecule has 2 aliphatic rings. The Bertz CT molecular complexity index is 492. The Morgan fingerprint density at radius 3 is 2.95 bits per heavy atom. The van der Waals surface area contributed by atoms with E-state index in [2.05, 4.69) is 5.32 Å². The highest BCUT2D eigenvalue weighted by Crippen LogP contribution is 2.40. The third kappa shape index (κ3) is 2.32. The standard InChI is InChI=1S/C15H19NO3/c1-2-18-14(17)11-3-4-13-12(9-11)10-15(19-13)5-7-16-8-6-15/h3-4,9,16H,2,5-8,10H2,1H3. The normalized spacial score (nSPS) is 19.8. The van der Waals surface area contributed by atoms with Gasteiger partial charge in [0.1, 0.15) is 11.4 Å². The number of hydrogen-bond donors (Lipinski definition) is 1. The molecule has 1 spiro atoms. The van der Waals surface area contributed by atoms with Crippen molar-refractivity contribution in [3.63, 3.8) is 0 Å².